The number of nitrogens with two attached hydrogens (primary N) is 1. The molecule has 0 saturated carbocycles. The SMILES string of the molecule is CC(C)(C)OC(=O)N[C@H](Cc1ccccc1)C(=O)Nc1ccc2c(Cl)c(OCCSC(=N)N)oc(=O)c2c1. The zero-order valence-corrected chi connectivity index (χ0v) is 22.7. The van der Waals surface area contributed by atoms with Gasteiger partial charge in [-0.1, -0.05) is 59.8 Å². The van der Waals surface area contributed by atoms with Gasteiger partial charge in [-0.15, -0.1) is 0 Å². The van der Waals surface area contributed by atoms with Crippen molar-refractivity contribution in [3.63, 3.8) is 0 Å². The normalized spacial score (nSPS) is 12.0. The highest BCUT2D eigenvalue weighted by molar-refractivity contribution is 8.13. The van der Waals surface area contributed by atoms with Crippen molar-refractivity contribution in [3.05, 3.63) is 69.5 Å². The predicted molar refractivity (Wildman–Crippen MR) is 149 cm³/mol. The maximum Gasteiger partial charge on any atom is 0.408 e. The lowest BCUT2D eigenvalue weighted by Crippen LogP contribution is -2.47. The second-order valence-electron chi connectivity index (χ2n) is 9.19. The molecule has 2 aromatic carbocycles. The Kier molecular flexibility index (Phi) is 9.65. The molecule has 3 rings (SSSR count). The third-order valence-electron chi connectivity index (χ3n) is 4.97. The number of halogens is 1. The van der Waals surface area contributed by atoms with Crippen molar-refractivity contribution >= 4 is 57.0 Å². The van der Waals surface area contributed by atoms with Crippen LogP contribution >= 0.6 is 23.4 Å². The van der Waals surface area contributed by atoms with Crippen molar-refractivity contribution in [2.45, 2.75) is 38.8 Å². The first-order valence-electron chi connectivity index (χ1n) is 11.6. The molecule has 0 aliphatic heterocycles. The number of hydrogen-bond acceptors (Lipinski definition) is 8. The van der Waals surface area contributed by atoms with Gasteiger partial charge in [0.05, 0.1) is 5.39 Å². The Bertz CT molecular complexity index is 1370. The fourth-order valence-corrected chi connectivity index (χ4v) is 4.04. The minimum Gasteiger partial charge on any atom is -0.463 e. The lowest BCUT2D eigenvalue weighted by molar-refractivity contribution is -0.118. The number of anilines is 1. The number of fused-ring (bicyclic) bond motifs is 1. The number of amidine groups is 1. The molecule has 0 aliphatic rings. The molecule has 2 amide bonds. The molecule has 1 aromatic heterocycles. The summed E-state index contributed by atoms with van der Waals surface area (Å²) in [6, 6.07) is 12.8. The molecule has 3 aromatic rings. The third kappa shape index (κ3) is 8.42. The smallest absolute Gasteiger partial charge is 0.408 e. The first kappa shape index (κ1) is 28.9. The minimum absolute atomic E-state index is 0.0541. The first-order chi connectivity index (χ1) is 17.9. The van der Waals surface area contributed by atoms with Gasteiger partial charge in [0, 0.05) is 23.2 Å². The van der Waals surface area contributed by atoms with E-state index < -0.39 is 29.3 Å². The first-order valence-corrected chi connectivity index (χ1v) is 13.0. The van der Waals surface area contributed by atoms with E-state index in [-0.39, 0.29) is 34.6 Å². The van der Waals surface area contributed by atoms with E-state index in [1.165, 1.54) is 6.07 Å². The number of carbonyl (C=O) groups is 2. The van der Waals surface area contributed by atoms with E-state index in [2.05, 4.69) is 10.6 Å². The summed E-state index contributed by atoms with van der Waals surface area (Å²) in [7, 11) is 0. The molecule has 0 spiro atoms. The van der Waals surface area contributed by atoms with E-state index in [0.29, 0.717) is 16.8 Å². The third-order valence-corrected chi connectivity index (χ3v) is 6.01. The Morgan fingerprint density at radius 2 is 1.87 bits per heavy atom. The van der Waals surface area contributed by atoms with Crippen LogP contribution in [0.25, 0.3) is 10.8 Å². The molecule has 1 heterocycles. The zero-order valence-electron chi connectivity index (χ0n) is 21.1. The maximum atomic E-state index is 13.2. The summed E-state index contributed by atoms with van der Waals surface area (Å²) >= 11 is 7.46. The number of hydrogen-bond donors (Lipinski definition) is 4. The molecular formula is C26H29ClN4O6S. The highest BCUT2D eigenvalue weighted by Gasteiger charge is 2.25. The number of thioether (sulfide) groups is 1. The Morgan fingerprint density at radius 1 is 1.16 bits per heavy atom. The molecule has 0 bridgehead atoms. The number of rotatable bonds is 9. The number of benzene rings is 2. The van der Waals surface area contributed by atoms with E-state index in [0.717, 1.165) is 17.3 Å². The van der Waals surface area contributed by atoms with Gasteiger partial charge in [0.15, 0.2) is 5.17 Å². The number of carbonyl (C=O) groups excluding carboxylic acids is 2. The topological polar surface area (TPSA) is 157 Å². The number of alkyl carbamates (subject to hydrolysis) is 1. The number of amides is 2. The molecular weight excluding hydrogens is 532 g/mol. The van der Waals surface area contributed by atoms with Crippen molar-refractivity contribution in [1.29, 1.82) is 5.41 Å². The van der Waals surface area contributed by atoms with Gasteiger partial charge in [0.2, 0.25) is 5.91 Å². The second kappa shape index (κ2) is 12.7. The summed E-state index contributed by atoms with van der Waals surface area (Å²) in [5, 5.41) is 13.1. The van der Waals surface area contributed by atoms with Gasteiger partial charge in [-0.25, -0.2) is 9.59 Å². The zero-order chi connectivity index (χ0) is 27.9. The van der Waals surface area contributed by atoms with E-state index in [9.17, 15) is 14.4 Å². The minimum atomic E-state index is -0.952. The lowest BCUT2D eigenvalue weighted by Gasteiger charge is -2.23. The molecule has 202 valence electrons. The molecule has 1 atom stereocenters. The van der Waals surface area contributed by atoms with Crippen LogP contribution in [0.4, 0.5) is 10.5 Å². The monoisotopic (exact) mass is 560 g/mol. The van der Waals surface area contributed by atoms with Gasteiger partial charge in [-0.2, -0.15) is 0 Å². The standard InChI is InChI=1S/C26H29ClN4O6S/c1-26(2,3)37-25(34)31-19(13-15-7-5-4-6-8-15)21(32)30-16-9-10-17-18(14-16)22(33)36-23(20(17)27)35-11-12-38-24(28)29/h4-10,14,19H,11-13H2,1-3H3,(H3,28,29)(H,30,32)(H,31,34)/t19-/m1/s1. The fourth-order valence-electron chi connectivity index (χ4n) is 3.39. The van der Waals surface area contributed by atoms with Gasteiger partial charge >= 0.3 is 17.7 Å². The van der Waals surface area contributed by atoms with Crippen LogP contribution in [0.5, 0.6) is 5.95 Å². The van der Waals surface area contributed by atoms with Crippen LogP contribution in [0.1, 0.15) is 26.3 Å². The van der Waals surface area contributed by atoms with Crippen LogP contribution in [0.3, 0.4) is 0 Å². The van der Waals surface area contributed by atoms with Gasteiger partial charge in [0.1, 0.15) is 23.3 Å². The molecule has 0 unspecified atom stereocenters. The van der Waals surface area contributed by atoms with Crippen LogP contribution in [0.2, 0.25) is 5.02 Å². The Balaban J connectivity index is 1.80. The van der Waals surface area contributed by atoms with Crippen LogP contribution in [0.15, 0.2) is 57.7 Å². The highest BCUT2D eigenvalue weighted by Crippen LogP contribution is 2.32. The molecule has 5 N–H and O–H groups in total. The quantitative estimate of drug-likeness (QED) is 0.169. The summed E-state index contributed by atoms with van der Waals surface area (Å²) < 4.78 is 16.0. The average molecular weight is 561 g/mol. The molecule has 0 radical (unpaired) electrons. The second-order valence-corrected chi connectivity index (χ2v) is 10.7. The summed E-state index contributed by atoms with van der Waals surface area (Å²) in [4.78, 5) is 38.3. The van der Waals surface area contributed by atoms with Gasteiger partial charge < -0.3 is 30.3 Å². The van der Waals surface area contributed by atoms with Crippen molar-refractivity contribution in [3.8, 4) is 5.95 Å². The fraction of sp³-hybridized carbons (Fsp3) is 0.308. The lowest BCUT2D eigenvalue weighted by atomic mass is 10.1. The summed E-state index contributed by atoms with van der Waals surface area (Å²) in [5.74, 6) is -0.271. The van der Waals surface area contributed by atoms with Crippen molar-refractivity contribution in [1.82, 2.24) is 5.32 Å². The highest BCUT2D eigenvalue weighted by atomic mass is 35.5. The molecule has 0 saturated heterocycles. The maximum absolute atomic E-state index is 13.2. The summed E-state index contributed by atoms with van der Waals surface area (Å²) in [6.07, 6.45) is -0.510. The molecule has 0 aliphatic carbocycles. The number of ether oxygens (including phenoxy) is 2. The van der Waals surface area contributed by atoms with Crippen LogP contribution in [0, 0.1) is 5.41 Å². The molecule has 10 nitrogen and oxygen atoms in total. The predicted octanol–water partition coefficient (Wildman–Crippen LogP) is 4.53. The van der Waals surface area contributed by atoms with E-state index in [1.807, 2.05) is 30.3 Å². The van der Waals surface area contributed by atoms with Crippen LogP contribution in [-0.4, -0.2) is 41.2 Å². The van der Waals surface area contributed by atoms with Crippen molar-refractivity contribution in [2.24, 2.45) is 5.73 Å². The van der Waals surface area contributed by atoms with Crippen molar-refractivity contribution < 1.29 is 23.5 Å². The van der Waals surface area contributed by atoms with Gasteiger partial charge in [-0.3, -0.25) is 10.2 Å². The van der Waals surface area contributed by atoms with Crippen molar-refractivity contribution in [2.75, 3.05) is 17.7 Å². The summed E-state index contributed by atoms with van der Waals surface area (Å²) in [6.45, 7) is 5.31. The van der Waals surface area contributed by atoms with E-state index >= 15 is 0 Å². The van der Waals surface area contributed by atoms with Gasteiger partial charge in [0.25, 0.3) is 0 Å². The van der Waals surface area contributed by atoms with Gasteiger partial charge in [-0.05, 0) is 38.5 Å². The van der Waals surface area contributed by atoms with E-state index in [1.54, 1.807) is 32.9 Å². The Morgan fingerprint density at radius 3 is 2.53 bits per heavy atom. The average Bonchev–Trinajstić information content (AvgIpc) is 2.83. The van der Waals surface area contributed by atoms with E-state index in [4.69, 9.17) is 36.6 Å². The molecule has 0 fully saturated rings. The van der Waals surface area contributed by atoms with Crippen LogP contribution in [-0.2, 0) is 16.0 Å². The largest absolute Gasteiger partial charge is 0.463 e. The Labute approximate surface area is 228 Å². The number of nitrogens with one attached hydrogen (secondary N) is 3. The Hall–Kier alpha value is -3.70. The molecule has 12 heteroatoms. The molecule has 38 heavy (non-hydrogen) atoms. The van der Waals surface area contributed by atoms with Crippen LogP contribution < -0.4 is 26.7 Å². The summed E-state index contributed by atoms with van der Waals surface area (Å²) in [5.41, 5.74) is 4.99.